The van der Waals surface area contributed by atoms with Gasteiger partial charge in [-0.15, -0.1) is 0 Å². The van der Waals surface area contributed by atoms with E-state index in [4.69, 9.17) is 9.97 Å². The second kappa shape index (κ2) is 8.44. The van der Waals surface area contributed by atoms with Gasteiger partial charge < -0.3 is 10.2 Å². The Balaban J connectivity index is 1.52. The van der Waals surface area contributed by atoms with Gasteiger partial charge in [0.25, 0.3) is 0 Å². The Labute approximate surface area is 184 Å². The maximum Gasteiger partial charge on any atom is 0.229 e. The zero-order chi connectivity index (χ0) is 20.3. The summed E-state index contributed by atoms with van der Waals surface area (Å²) in [6.45, 7) is 2.78. The van der Waals surface area contributed by atoms with Crippen LogP contribution in [0.5, 0.6) is 0 Å². The van der Waals surface area contributed by atoms with Gasteiger partial charge in [0.2, 0.25) is 5.95 Å². The molecule has 4 aromatic rings. The molecule has 6 nitrogen and oxygen atoms in total. The van der Waals surface area contributed by atoms with Crippen molar-refractivity contribution in [3.8, 4) is 0 Å². The van der Waals surface area contributed by atoms with Crippen LogP contribution in [-0.2, 0) is 13.0 Å². The normalized spacial score (nSPS) is 13.8. The molecule has 0 saturated carbocycles. The van der Waals surface area contributed by atoms with E-state index in [1.807, 2.05) is 41.2 Å². The van der Waals surface area contributed by atoms with Crippen LogP contribution in [0.1, 0.15) is 18.4 Å². The van der Waals surface area contributed by atoms with Crippen LogP contribution in [0.4, 0.5) is 17.5 Å². The van der Waals surface area contributed by atoms with Crippen molar-refractivity contribution in [1.29, 1.82) is 0 Å². The zero-order valence-corrected chi connectivity index (χ0v) is 18.2. The van der Waals surface area contributed by atoms with Crippen LogP contribution in [-0.4, -0.2) is 32.8 Å². The fourth-order valence-electron chi connectivity index (χ4n) is 3.84. The molecule has 0 radical (unpaired) electrons. The second-order valence-electron chi connectivity index (χ2n) is 7.54. The highest BCUT2D eigenvalue weighted by atomic mass is 79.9. The number of nitrogens with zero attached hydrogens (tertiary/aromatic N) is 5. The predicted molar refractivity (Wildman–Crippen MR) is 124 cm³/mol. The Morgan fingerprint density at radius 2 is 1.80 bits per heavy atom. The third-order valence-electron chi connectivity index (χ3n) is 5.42. The van der Waals surface area contributed by atoms with Gasteiger partial charge in [-0.2, -0.15) is 15.1 Å². The first kappa shape index (κ1) is 19.1. The maximum atomic E-state index is 4.92. The Hall–Kier alpha value is -2.93. The summed E-state index contributed by atoms with van der Waals surface area (Å²) in [5.41, 5.74) is 3.15. The van der Waals surface area contributed by atoms with Crippen LogP contribution in [0, 0.1) is 0 Å². The molecule has 0 spiro atoms. The molecule has 2 aromatic heterocycles. The fraction of sp³-hybridized carbons (Fsp3) is 0.261. The average molecular weight is 463 g/mol. The highest BCUT2D eigenvalue weighted by Gasteiger charge is 2.20. The standard InChI is InChI=1S/C23H23BrN6/c24-18-9-6-10-19(15-18)26-21-20-16-25-30(14-11-17-7-2-1-3-8-17)22(20)28-23(27-21)29-12-4-5-13-29/h1-3,6-10,15-16H,4-5,11-14H2,(H,26,27,28). The smallest absolute Gasteiger partial charge is 0.229 e. The molecule has 0 amide bonds. The number of halogens is 1. The van der Waals surface area contributed by atoms with Gasteiger partial charge in [-0.1, -0.05) is 52.3 Å². The lowest BCUT2D eigenvalue weighted by Crippen LogP contribution is -2.21. The third kappa shape index (κ3) is 4.03. The topological polar surface area (TPSA) is 58.9 Å². The molecular weight excluding hydrogens is 440 g/mol. The second-order valence-corrected chi connectivity index (χ2v) is 8.46. The molecule has 0 unspecified atom stereocenters. The average Bonchev–Trinajstić information content (AvgIpc) is 3.43. The van der Waals surface area contributed by atoms with Crippen molar-refractivity contribution < 1.29 is 0 Å². The molecule has 30 heavy (non-hydrogen) atoms. The largest absolute Gasteiger partial charge is 0.341 e. The van der Waals surface area contributed by atoms with E-state index in [1.165, 1.54) is 18.4 Å². The molecule has 1 saturated heterocycles. The van der Waals surface area contributed by atoms with E-state index in [0.29, 0.717) is 0 Å². The lowest BCUT2D eigenvalue weighted by atomic mass is 10.1. The molecule has 1 N–H and O–H groups in total. The molecule has 7 heteroatoms. The quantitative estimate of drug-likeness (QED) is 0.427. The number of anilines is 3. The summed E-state index contributed by atoms with van der Waals surface area (Å²) in [5, 5.41) is 9.06. The van der Waals surface area contributed by atoms with E-state index in [0.717, 1.165) is 59.0 Å². The summed E-state index contributed by atoms with van der Waals surface area (Å²) in [7, 11) is 0. The number of hydrogen-bond acceptors (Lipinski definition) is 5. The first-order chi connectivity index (χ1) is 14.8. The van der Waals surface area contributed by atoms with Crippen LogP contribution < -0.4 is 10.2 Å². The molecular formula is C23H23BrN6. The number of aryl methyl sites for hydroxylation is 2. The minimum atomic E-state index is 0.777. The van der Waals surface area contributed by atoms with Crippen LogP contribution in [0.2, 0.25) is 0 Å². The Morgan fingerprint density at radius 1 is 0.967 bits per heavy atom. The monoisotopic (exact) mass is 462 g/mol. The zero-order valence-electron chi connectivity index (χ0n) is 16.6. The highest BCUT2D eigenvalue weighted by molar-refractivity contribution is 9.10. The van der Waals surface area contributed by atoms with Crippen LogP contribution in [0.15, 0.2) is 65.3 Å². The first-order valence-electron chi connectivity index (χ1n) is 10.3. The van der Waals surface area contributed by atoms with E-state index < -0.39 is 0 Å². The van der Waals surface area contributed by atoms with Crippen LogP contribution >= 0.6 is 15.9 Å². The van der Waals surface area contributed by atoms with Crippen molar-refractivity contribution in [3.05, 3.63) is 70.8 Å². The van der Waals surface area contributed by atoms with Gasteiger partial charge in [0, 0.05) is 29.8 Å². The summed E-state index contributed by atoms with van der Waals surface area (Å²) in [4.78, 5) is 12.1. The van der Waals surface area contributed by atoms with E-state index in [-0.39, 0.29) is 0 Å². The first-order valence-corrected chi connectivity index (χ1v) is 11.1. The van der Waals surface area contributed by atoms with E-state index in [1.54, 1.807) is 0 Å². The molecule has 1 aliphatic rings. The van der Waals surface area contributed by atoms with Crippen molar-refractivity contribution in [2.24, 2.45) is 0 Å². The van der Waals surface area contributed by atoms with Gasteiger partial charge in [-0.05, 0) is 43.0 Å². The Morgan fingerprint density at radius 3 is 2.60 bits per heavy atom. The van der Waals surface area contributed by atoms with Crippen molar-refractivity contribution in [3.63, 3.8) is 0 Å². The van der Waals surface area contributed by atoms with E-state index in [2.05, 4.69) is 55.5 Å². The minimum absolute atomic E-state index is 0.777. The number of nitrogens with one attached hydrogen (secondary N) is 1. The summed E-state index contributed by atoms with van der Waals surface area (Å²) in [5.74, 6) is 1.57. The van der Waals surface area contributed by atoms with E-state index in [9.17, 15) is 0 Å². The third-order valence-corrected chi connectivity index (χ3v) is 5.91. The number of aromatic nitrogens is 4. The van der Waals surface area contributed by atoms with Crippen molar-refractivity contribution >= 4 is 44.4 Å². The fourth-order valence-corrected chi connectivity index (χ4v) is 4.24. The number of fused-ring (bicyclic) bond motifs is 1. The van der Waals surface area contributed by atoms with Gasteiger partial charge >= 0.3 is 0 Å². The Bertz CT molecular complexity index is 1150. The number of hydrogen-bond donors (Lipinski definition) is 1. The predicted octanol–water partition coefficient (Wildman–Crippen LogP) is 5.18. The minimum Gasteiger partial charge on any atom is -0.341 e. The molecule has 1 aliphatic heterocycles. The van der Waals surface area contributed by atoms with Crippen LogP contribution in [0.25, 0.3) is 11.0 Å². The van der Waals surface area contributed by atoms with Gasteiger partial charge in [0.1, 0.15) is 5.82 Å². The maximum absolute atomic E-state index is 4.92. The van der Waals surface area contributed by atoms with Gasteiger partial charge in [-0.3, -0.25) is 0 Å². The molecule has 0 bridgehead atoms. The van der Waals surface area contributed by atoms with Gasteiger partial charge in [0.15, 0.2) is 5.65 Å². The molecule has 3 heterocycles. The molecule has 5 rings (SSSR count). The van der Waals surface area contributed by atoms with Crippen molar-refractivity contribution in [1.82, 2.24) is 19.7 Å². The van der Waals surface area contributed by atoms with E-state index >= 15 is 0 Å². The van der Waals surface area contributed by atoms with Gasteiger partial charge in [-0.25, -0.2) is 4.68 Å². The molecule has 0 atom stereocenters. The summed E-state index contributed by atoms with van der Waals surface area (Å²) in [6.07, 6.45) is 5.15. The number of benzene rings is 2. The van der Waals surface area contributed by atoms with Crippen LogP contribution in [0.3, 0.4) is 0 Å². The molecule has 1 fully saturated rings. The lowest BCUT2D eigenvalue weighted by molar-refractivity contribution is 0.629. The summed E-state index contributed by atoms with van der Waals surface area (Å²) >= 11 is 3.54. The molecule has 152 valence electrons. The lowest BCUT2D eigenvalue weighted by Gasteiger charge is -2.17. The SMILES string of the molecule is Brc1cccc(Nc2nc(N3CCCC3)nc3c2cnn3CCc2ccccc2)c1. The summed E-state index contributed by atoms with van der Waals surface area (Å²) < 4.78 is 3.02. The summed E-state index contributed by atoms with van der Waals surface area (Å²) in [6, 6.07) is 18.6. The van der Waals surface area contributed by atoms with Crippen molar-refractivity contribution in [2.45, 2.75) is 25.8 Å². The molecule has 2 aromatic carbocycles. The molecule has 0 aliphatic carbocycles. The number of rotatable bonds is 6. The Kier molecular flexibility index (Phi) is 5.36. The van der Waals surface area contributed by atoms with Gasteiger partial charge in [0.05, 0.1) is 11.6 Å². The van der Waals surface area contributed by atoms with Crippen molar-refractivity contribution in [2.75, 3.05) is 23.3 Å². The highest BCUT2D eigenvalue weighted by Crippen LogP contribution is 2.28.